The van der Waals surface area contributed by atoms with Gasteiger partial charge in [0, 0.05) is 32.0 Å². The molecule has 1 atom stereocenters. The van der Waals surface area contributed by atoms with Crippen LogP contribution in [0, 0.1) is 11.8 Å². The van der Waals surface area contributed by atoms with Crippen LogP contribution >= 0.6 is 0 Å². The Hall–Kier alpha value is -1.58. The van der Waals surface area contributed by atoms with Gasteiger partial charge in [-0.2, -0.15) is 0 Å². The van der Waals surface area contributed by atoms with Gasteiger partial charge in [0.2, 0.25) is 0 Å². The Morgan fingerprint density at radius 1 is 1.22 bits per heavy atom. The van der Waals surface area contributed by atoms with Crippen molar-refractivity contribution in [2.24, 2.45) is 11.8 Å². The Bertz CT molecular complexity index is 514. The number of carbonyl (C=O) groups is 1. The van der Waals surface area contributed by atoms with Crippen LogP contribution in [0.25, 0.3) is 0 Å². The van der Waals surface area contributed by atoms with E-state index in [4.69, 9.17) is 0 Å². The number of hydrogen-bond donors (Lipinski definition) is 1. The molecule has 4 nitrogen and oxygen atoms in total. The van der Waals surface area contributed by atoms with Gasteiger partial charge in [0.1, 0.15) is 0 Å². The lowest BCUT2D eigenvalue weighted by Gasteiger charge is -2.29. The minimum atomic E-state index is 0.128. The minimum absolute atomic E-state index is 0.128. The maximum absolute atomic E-state index is 12.8. The summed E-state index contributed by atoms with van der Waals surface area (Å²) < 4.78 is 0. The molecule has 0 saturated heterocycles. The Morgan fingerprint density at radius 2 is 1.96 bits per heavy atom. The van der Waals surface area contributed by atoms with Crippen LogP contribution in [-0.2, 0) is 6.42 Å². The van der Waals surface area contributed by atoms with E-state index in [1.54, 1.807) is 0 Å². The number of rotatable bonds is 11. The summed E-state index contributed by atoms with van der Waals surface area (Å²) in [6.07, 6.45) is 16.1. The van der Waals surface area contributed by atoms with Crippen LogP contribution in [0.15, 0.2) is 24.5 Å². The van der Waals surface area contributed by atoms with Crippen LogP contribution in [-0.4, -0.2) is 35.5 Å². The molecule has 1 fully saturated rings. The molecule has 0 aromatic carbocycles. The predicted molar refractivity (Wildman–Crippen MR) is 113 cm³/mol. The first-order chi connectivity index (χ1) is 13.2. The summed E-state index contributed by atoms with van der Waals surface area (Å²) >= 11 is 0. The molecule has 1 heterocycles. The number of amides is 2. The van der Waals surface area contributed by atoms with Gasteiger partial charge in [-0.25, -0.2) is 4.79 Å². The van der Waals surface area contributed by atoms with E-state index in [0.29, 0.717) is 5.92 Å². The van der Waals surface area contributed by atoms with Crippen molar-refractivity contribution >= 4 is 6.03 Å². The molecule has 152 valence electrons. The van der Waals surface area contributed by atoms with Gasteiger partial charge in [0.15, 0.2) is 0 Å². The van der Waals surface area contributed by atoms with Crippen molar-refractivity contribution in [2.75, 3.05) is 19.6 Å². The first-order valence-electron chi connectivity index (χ1n) is 11.1. The zero-order valence-corrected chi connectivity index (χ0v) is 17.5. The van der Waals surface area contributed by atoms with Crippen molar-refractivity contribution in [2.45, 2.75) is 78.1 Å². The molecule has 1 N–H and O–H groups in total. The fourth-order valence-corrected chi connectivity index (χ4v) is 4.13. The summed E-state index contributed by atoms with van der Waals surface area (Å²) in [4.78, 5) is 18.9. The van der Waals surface area contributed by atoms with Crippen molar-refractivity contribution < 1.29 is 4.79 Å². The molecule has 1 aromatic rings. The summed E-state index contributed by atoms with van der Waals surface area (Å²) in [7, 11) is 0. The quantitative estimate of drug-likeness (QED) is 0.525. The Kier molecular flexibility index (Phi) is 10.3. The van der Waals surface area contributed by atoms with Gasteiger partial charge in [-0.15, -0.1) is 0 Å². The van der Waals surface area contributed by atoms with E-state index >= 15 is 0 Å². The normalized spacial score (nSPS) is 16.1. The van der Waals surface area contributed by atoms with Crippen molar-refractivity contribution in [3.8, 4) is 0 Å². The second kappa shape index (κ2) is 12.7. The summed E-state index contributed by atoms with van der Waals surface area (Å²) in [5.74, 6) is 1.25. The molecular formula is C23H39N3O. The van der Waals surface area contributed by atoms with E-state index in [-0.39, 0.29) is 6.03 Å². The van der Waals surface area contributed by atoms with Gasteiger partial charge in [-0.05, 0) is 48.8 Å². The molecule has 2 rings (SSSR count). The predicted octanol–water partition coefficient (Wildman–Crippen LogP) is 5.43. The zero-order valence-electron chi connectivity index (χ0n) is 17.5. The number of unbranched alkanes of at least 4 members (excludes halogenated alkanes) is 2. The van der Waals surface area contributed by atoms with E-state index in [1.165, 1.54) is 50.5 Å². The second-order valence-electron chi connectivity index (χ2n) is 8.34. The summed E-state index contributed by atoms with van der Waals surface area (Å²) in [5.41, 5.74) is 1.30. The molecular weight excluding hydrogens is 334 g/mol. The molecule has 1 aromatic heterocycles. The van der Waals surface area contributed by atoms with Crippen molar-refractivity contribution in [1.82, 2.24) is 15.2 Å². The summed E-state index contributed by atoms with van der Waals surface area (Å²) in [6, 6.07) is 4.28. The lowest BCUT2D eigenvalue weighted by atomic mass is 9.87. The Morgan fingerprint density at radius 3 is 2.67 bits per heavy atom. The highest BCUT2D eigenvalue weighted by atomic mass is 16.2. The molecule has 1 saturated carbocycles. The SMILES string of the molecule is CCCCCNC(=O)N(CCC1CCCCC1)CC(C)Cc1ccncc1. The van der Waals surface area contributed by atoms with Gasteiger partial charge in [0.25, 0.3) is 0 Å². The largest absolute Gasteiger partial charge is 0.338 e. The van der Waals surface area contributed by atoms with Crippen LogP contribution in [0.1, 0.15) is 77.2 Å². The number of hydrogen-bond acceptors (Lipinski definition) is 2. The maximum Gasteiger partial charge on any atom is 0.317 e. The number of aromatic nitrogens is 1. The average Bonchev–Trinajstić information content (AvgIpc) is 2.70. The number of urea groups is 1. The molecule has 2 amide bonds. The van der Waals surface area contributed by atoms with E-state index in [2.05, 4.69) is 41.2 Å². The van der Waals surface area contributed by atoms with Crippen LogP contribution < -0.4 is 5.32 Å². The highest BCUT2D eigenvalue weighted by Gasteiger charge is 2.20. The summed E-state index contributed by atoms with van der Waals surface area (Å²) in [5, 5.41) is 3.15. The first kappa shape index (κ1) is 21.7. The van der Waals surface area contributed by atoms with Crippen LogP contribution in [0.4, 0.5) is 4.79 Å². The van der Waals surface area contributed by atoms with Crippen molar-refractivity contribution in [3.05, 3.63) is 30.1 Å². The zero-order chi connectivity index (χ0) is 19.3. The number of nitrogens with one attached hydrogen (secondary N) is 1. The van der Waals surface area contributed by atoms with Gasteiger partial charge < -0.3 is 10.2 Å². The molecule has 1 unspecified atom stereocenters. The molecule has 0 aliphatic heterocycles. The van der Waals surface area contributed by atoms with Crippen LogP contribution in [0.2, 0.25) is 0 Å². The van der Waals surface area contributed by atoms with E-state index in [1.807, 2.05) is 12.4 Å². The first-order valence-corrected chi connectivity index (χ1v) is 11.1. The molecule has 1 aliphatic rings. The molecule has 0 spiro atoms. The van der Waals surface area contributed by atoms with Gasteiger partial charge in [0.05, 0.1) is 0 Å². The standard InChI is InChI=1S/C23H39N3O/c1-3-4-8-14-25-23(27)26(17-13-21-9-6-5-7-10-21)19-20(2)18-22-11-15-24-16-12-22/h11-12,15-16,20-21H,3-10,13-14,17-19H2,1-2H3,(H,25,27). The third-order valence-corrected chi connectivity index (χ3v) is 5.74. The van der Waals surface area contributed by atoms with E-state index in [9.17, 15) is 4.79 Å². The van der Waals surface area contributed by atoms with E-state index in [0.717, 1.165) is 44.8 Å². The Balaban J connectivity index is 1.85. The van der Waals surface area contributed by atoms with Gasteiger partial charge >= 0.3 is 6.03 Å². The van der Waals surface area contributed by atoms with Crippen molar-refractivity contribution in [3.63, 3.8) is 0 Å². The number of nitrogens with zero attached hydrogens (tertiary/aromatic N) is 2. The van der Waals surface area contributed by atoms with Gasteiger partial charge in [-0.3, -0.25) is 4.98 Å². The van der Waals surface area contributed by atoms with Crippen molar-refractivity contribution in [1.29, 1.82) is 0 Å². The topological polar surface area (TPSA) is 45.2 Å². The molecule has 0 radical (unpaired) electrons. The fraction of sp³-hybridized carbons (Fsp3) is 0.739. The third kappa shape index (κ3) is 8.77. The maximum atomic E-state index is 12.8. The van der Waals surface area contributed by atoms with Gasteiger partial charge in [-0.1, -0.05) is 58.8 Å². The number of carbonyl (C=O) groups excluding carboxylic acids is 1. The lowest BCUT2D eigenvalue weighted by molar-refractivity contribution is 0.180. The van der Waals surface area contributed by atoms with E-state index < -0.39 is 0 Å². The lowest BCUT2D eigenvalue weighted by Crippen LogP contribution is -2.43. The smallest absolute Gasteiger partial charge is 0.317 e. The Labute approximate surface area is 166 Å². The molecule has 0 bridgehead atoms. The third-order valence-electron chi connectivity index (χ3n) is 5.74. The average molecular weight is 374 g/mol. The number of pyridine rings is 1. The molecule has 4 heteroatoms. The molecule has 27 heavy (non-hydrogen) atoms. The molecule has 1 aliphatic carbocycles. The highest BCUT2D eigenvalue weighted by molar-refractivity contribution is 5.74. The summed E-state index contributed by atoms with van der Waals surface area (Å²) in [6.45, 7) is 6.96. The van der Waals surface area contributed by atoms with Crippen LogP contribution in [0.3, 0.4) is 0 Å². The highest BCUT2D eigenvalue weighted by Crippen LogP contribution is 2.26. The second-order valence-corrected chi connectivity index (χ2v) is 8.34. The fourth-order valence-electron chi connectivity index (χ4n) is 4.13. The monoisotopic (exact) mass is 373 g/mol. The minimum Gasteiger partial charge on any atom is -0.338 e. The van der Waals surface area contributed by atoms with Crippen LogP contribution in [0.5, 0.6) is 0 Å².